The summed E-state index contributed by atoms with van der Waals surface area (Å²) in [6.07, 6.45) is 4.03. The van der Waals surface area contributed by atoms with Gasteiger partial charge >= 0.3 is 5.97 Å². The molecular weight excluding hydrogens is 370 g/mol. The summed E-state index contributed by atoms with van der Waals surface area (Å²) in [5, 5.41) is 14.4. The van der Waals surface area contributed by atoms with Crippen LogP contribution in [0.5, 0.6) is 0 Å². The van der Waals surface area contributed by atoms with Gasteiger partial charge in [-0.15, -0.1) is 0 Å². The van der Waals surface area contributed by atoms with Crippen molar-refractivity contribution in [2.75, 3.05) is 11.9 Å². The molecule has 0 fully saturated rings. The van der Waals surface area contributed by atoms with E-state index < -0.39 is 5.97 Å². The third-order valence-electron chi connectivity index (χ3n) is 5.05. The summed E-state index contributed by atoms with van der Waals surface area (Å²) in [4.78, 5) is 38.7. The maximum Gasteiger partial charge on any atom is 0.303 e. The van der Waals surface area contributed by atoms with Gasteiger partial charge < -0.3 is 20.7 Å². The Morgan fingerprint density at radius 2 is 1.90 bits per heavy atom. The fourth-order valence-electron chi connectivity index (χ4n) is 3.55. The van der Waals surface area contributed by atoms with Crippen LogP contribution in [0.15, 0.2) is 24.3 Å². The Bertz CT molecular complexity index is 988. The molecule has 2 heterocycles. The number of rotatable bonds is 8. The predicted molar refractivity (Wildman–Crippen MR) is 112 cm³/mol. The quantitative estimate of drug-likeness (QED) is 0.405. The number of aromatic nitrogens is 1. The minimum atomic E-state index is -0.798. The number of nitrogens with one attached hydrogen (secondary N) is 3. The first-order chi connectivity index (χ1) is 13.9. The van der Waals surface area contributed by atoms with Crippen molar-refractivity contribution in [2.24, 2.45) is 0 Å². The Labute approximate surface area is 169 Å². The first kappa shape index (κ1) is 20.4. The highest BCUT2D eigenvalue weighted by molar-refractivity contribution is 6.34. The number of amides is 2. The van der Waals surface area contributed by atoms with Crippen LogP contribution >= 0.6 is 0 Å². The zero-order valence-corrected chi connectivity index (χ0v) is 16.6. The number of unbranched alkanes of at least 4 members (excludes halogenated alkanes) is 2. The predicted octanol–water partition coefficient (Wildman–Crippen LogP) is 3.50. The van der Waals surface area contributed by atoms with Crippen molar-refractivity contribution < 1.29 is 19.5 Å². The maximum atomic E-state index is 12.6. The number of aryl methyl sites for hydroxylation is 1. The number of carbonyl (C=O) groups excluding carboxylic acids is 2. The van der Waals surface area contributed by atoms with Gasteiger partial charge in [-0.1, -0.05) is 24.6 Å². The van der Waals surface area contributed by atoms with E-state index in [0.29, 0.717) is 24.1 Å². The van der Waals surface area contributed by atoms with Gasteiger partial charge in [-0.3, -0.25) is 14.4 Å². The highest BCUT2D eigenvalue weighted by Gasteiger charge is 2.25. The van der Waals surface area contributed by atoms with Gasteiger partial charge in [0.1, 0.15) is 0 Å². The minimum absolute atomic E-state index is 0.151. The van der Waals surface area contributed by atoms with Crippen molar-refractivity contribution in [3.63, 3.8) is 0 Å². The minimum Gasteiger partial charge on any atom is -0.481 e. The molecule has 3 rings (SSSR count). The van der Waals surface area contributed by atoms with Crippen LogP contribution in [0.4, 0.5) is 5.69 Å². The number of anilines is 1. The molecule has 0 bridgehead atoms. The fourth-order valence-corrected chi connectivity index (χ4v) is 3.55. The van der Waals surface area contributed by atoms with Gasteiger partial charge in [0.2, 0.25) is 0 Å². The SMILES string of the molecule is Cc1[nH]c(/C=C2\C(=O)Nc3ccccc32)c(C)c1C(=O)NCCCCCC(=O)O. The summed E-state index contributed by atoms with van der Waals surface area (Å²) in [5.74, 6) is -1.13. The molecular formula is C22H25N3O4. The monoisotopic (exact) mass is 395 g/mol. The van der Waals surface area contributed by atoms with E-state index in [1.54, 1.807) is 6.08 Å². The van der Waals surface area contributed by atoms with Crippen LogP contribution in [0.3, 0.4) is 0 Å². The van der Waals surface area contributed by atoms with Crippen molar-refractivity contribution in [1.29, 1.82) is 0 Å². The lowest BCUT2D eigenvalue weighted by Gasteiger charge is -2.06. The molecule has 0 radical (unpaired) electrons. The van der Waals surface area contributed by atoms with Crippen LogP contribution in [0, 0.1) is 13.8 Å². The number of hydrogen-bond donors (Lipinski definition) is 4. The van der Waals surface area contributed by atoms with Crippen LogP contribution in [0.25, 0.3) is 11.6 Å². The van der Waals surface area contributed by atoms with Crippen LogP contribution in [-0.4, -0.2) is 34.4 Å². The molecule has 0 unspecified atom stereocenters. The number of fused-ring (bicyclic) bond motifs is 1. The van der Waals surface area contributed by atoms with Gasteiger partial charge in [-0.05, 0) is 44.4 Å². The topological polar surface area (TPSA) is 111 Å². The zero-order chi connectivity index (χ0) is 21.0. The van der Waals surface area contributed by atoms with Crippen LogP contribution < -0.4 is 10.6 Å². The molecule has 1 aliphatic heterocycles. The summed E-state index contributed by atoms with van der Waals surface area (Å²) >= 11 is 0. The molecule has 2 amide bonds. The second-order valence-electron chi connectivity index (χ2n) is 7.18. The molecule has 1 aromatic heterocycles. The number of para-hydroxylation sites is 1. The lowest BCUT2D eigenvalue weighted by molar-refractivity contribution is -0.137. The first-order valence-electron chi connectivity index (χ1n) is 9.70. The molecule has 7 nitrogen and oxygen atoms in total. The van der Waals surface area contributed by atoms with Gasteiger partial charge in [0.25, 0.3) is 11.8 Å². The number of H-pyrrole nitrogens is 1. The van der Waals surface area contributed by atoms with Gasteiger partial charge in [0, 0.05) is 35.6 Å². The molecule has 0 spiro atoms. The molecule has 1 aromatic carbocycles. The van der Waals surface area contributed by atoms with E-state index in [4.69, 9.17) is 5.11 Å². The Hall–Kier alpha value is -3.35. The van der Waals surface area contributed by atoms with Crippen molar-refractivity contribution in [3.05, 3.63) is 52.3 Å². The number of carboxylic acids is 1. The van der Waals surface area contributed by atoms with Gasteiger partial charge in [0.05, 0.1) is 11.1 Å². The normalized spacial score (nSPS) is 14.0. The summed E-state index contributed by atoms with van der Waals surface area (Å²) in [6.45, 7) is 4.19. The maximum absolute atomic E-state index is 12.6. The Kier molecular flexibility index (Phi) is 6.16. The molecule has 152 valence electrons. The second kappa shape index (κ2) is 8.77. The Balaban J connectivity index is 1.70. The van der Waals surface area contributed by atoms with Gasteiger partial charge in [-0.25, -0.2) is 0 Å². The third kappa shape index (κ3) is 4.56. The number of carbonyl (C=O) groups is 3. The van der Waals surface area contributed by atoms with E-state index in [1.165, 1.54) is 0 Å². The molecule has 29 heavy (non-hydrogen) atoms. The van der Waals surface area contributed by atoms with Crippen LogP contribution in [0.1, 0.15) is 58.6 Å². The molecule has 7 heteroatoms. The average Bonchev–Trinajstić information content (AvgIpc) is 3.14. The lowest BCUT2D eigenvalue weighted by Crippen LogP contribution is -2.25. The largest absolute Gasteiger partial charge is 0.481 e. The summed E-state index contributed by atoms with van der Waals surface area (Å²) < 4.78 is 0. The van der Waals surface area contributed by atoms with E-state index in [9.17, 15) is 14.4 Å². The number of hydrogen-bond acceptors (Lipinski definition) is 3. The number of aliphatic carboxylic acids is 1. The molecule has 1 aliphatic rings. The summed E-state index contributed by atoms with van der Waals surface area (Å²) in [5.41, 5.74) is 5.03. The van der Waals surface area contributed by atoms with E-state index in [-0.39, 0.29) is 18.2 Å². The number of benzene rings is 1. The van der Waals surface area contributed by atoms with Crippen LogP contribution in [0.2, 0.25) is 0 Å². The Morgan fingerprint density at radius 1 is 1.14 bits per heavy atom. The van der Waals surface area contributed by atoms with E-state index >= 15 is 0 Å². The Morgan fingerprint density at radius 3 is 2.66 bits per heavy atom. The van der Waals surface area contributed by atoms with Crippen molar-refractivity contribution in [3.8, 4) is 0 Å². The lowest BCUT2D eigenvalue weighted by atomic mass is 10.0. The van der Waals surface area contributed by atoms with Crippen molar-refractivity contribution >= 4 is 35.1 Å². The molecule has 0 saturated heterocycles. The smallest absolute Gasteiger partial charge is 0.303 e. The number of aromatic amines is 1. The van der Waals surface area contributed by atoms with Gasteiger partial charge in [-0.2, -0.15) is 0 Å². The van der Waals surface area contributed by atoms with E-state index in [2.05, 4.69) is 15.6 Å². The fraction of sp³-hybridized carbons (Fsp3) is 0.318. The third-order valence-corrected chi connectivity index (χ3v) is 5.05. The molecule has 4 N–H and O–H groups in total. The van der Waals surface area contributed by atoms with Gasteiger partial charge in [0.15, 0.2) is 0 Å². The average molecular weight is 395 g/mol. The summed E-state index contributed by atoms with van der Waals surface area (Å²) in [6, 6.07) is 7.50. The highest BCUT2D eigenvalue weighted by atomic mass is 16.4. The molecule has 0 aliphatic carbocycles. The van der Waals surface area contributed by atoms with Crippen molar-refractivity contribution in [2.45, 2.75) is 39.5 Å². The van der Waals surface area contributed by atoms with E-state index in [1.807, 2.05) is 38.1 Å². The second-order valence-corrected chi connectivity index (χ2v) is 7.18. The standard InChI is InChI=1S/C22H25N3O4/c1-13-18(12-16-15-8-5-6-9-17(15)25-21(16)28)24-14(2)20(13)22(29)23-11-7-3-4-10-19(26)27/h5-6,8-9,12,24H,3-4,7,10-11H2,1-2H3,(H,23,29)(H,25,28)(H,26,27)/b16-12-. The van der Waals surface area contributed by atoms with E-state index in [0.717, 1.165) is 41.0 Å². The first-order valence-corrected chi connectivity index (χ1v) is 9.70. The molecule has 0 atom stereocenters. The zero-order valence-electron chi connectivity index (χ0n) is 16.6. The number of carboxylic acid groups (broad SMARTS) is 1. The molecule has 2 aromatic rings. The molecule has 0 saturated carbocycles. The van der Waals surface area contributed by atoms with Crippen LogP contribution in [-0.2, 0) is 9.59 Å². The highest BCUT2D eigenvalue weighted by Crippen LogP contribution is 2.33. The summed E-state index contributed by atoms with van der Waals surface area (Å²) in [7, 11) is 0. The van der Waals surface area contributed by atoms with Crippen molar-refractivity contribution in [1.82, 2.24) is 10.3 Å².